The van der Waals surface area contributed by atoms with Crippen molar-refractivity contribution < 1.29 is 4.79 Å². The third kappa shape index (κ3) is 2.92. The van der Waals surface area contributed by atoms with Crippen LogP contribution in [0.3, 0.4) is 0 Å². The molecule has 0 saturated heterocycles. The summed E-state index contributed by atoms with van der Waals surface area (Å²) in [4.78, 5) is 14.6. The molecule has 2 atom stereocenters. The van der Waals surface area contributed by atoms with E-state index in [9.17, 15) is 4.79 Å². The van der Waals surface area contributed by atoms with Gasteiger partial charge < -0.3 is 4.90 Å². The van der Waals surface area contributed by atoms with Crippen molar-refractivity contribution in [3.8, 4) is 0 Å². The van der Waals surface area contributed by atoms with Crippen LogP contribution in [0, 0.1) is 0 Å². The van der Waals surface area contributed by atoms with E-state index in [4.69, 9.17) is 0 Å². The Morgan fingerprint density at radius 1 is 1.14 bits per heavy atom. The van der Waals surface area contributed by atoms with E-state index in [1.54, 1.807) is 0 Å². The molecule has 0 bridgehead atoms. The van der Waals surface area contributed by atoms with Gasteiger partial charge in [0.1, 0.15) is 0 Å². The zero-order valence-corrected chi connectivity index (χ0v) is 13.3. The van der Waals surface area contributed by atoms with Crippen LogP contribution >= 0.6 is 0 Å². The fourth-order valence-electron chi connectivity index (χ4n) is 3.42. The van der Waals surface area contributed by atoms with E-state index in [0.717, 1.165) is 12.8 Å². The predicted molar refractivity (Wildman–Crippen MR) is 89.7 cm³/mol. The minimum absolute atomic E-state index is 0.234. The fraction of sp³-hybridized carbons (Fsp3) is 0.350. The standard InChI is InChI=1S/C20H23NO/c1-15(16-8-4-3-5-9-16)14-20(22)21(2)19-13-12-17-10-6-7-11-18(17)19/h3-11,15,19H,12-14H2,1-2H3. The maximum atomic E-state index is 12.6. The molecule has 0 fully saturated rings. The van der Waals surface area contributed by atoms with Crippen LogP contribution in [0.15, 0.2) is 54.6 Å². The molecule has 0 saturated carbocycles. The van der Waals surface area contributed by atoms with E-state index >= 15 is 0 Å². The summed E-state index contributed by atoms with van der Waals surface area (Å²) in [5, 5.41) is 0. The van der Waals surface area contributed by atoms with E-state index in [0.29, 0.717) is 6.42 Å². The van der Waals surface area contributed by atoms with Crippen molar-refractivity contribution in [3.63, 3.8) is 0 Å². The largest absolute Gasteiger partial charge is 0.339 e. The number of carbonyl (C=O) groups excluding carboxylic acids is 1. The highest BCUT2D eigenvalue weighted by atomic mass is 16.2. The number of carbonyl (C=O) groups is 1. The molecule has 2 nitrogen and oxygen atoms in total. The first-order chi connectivity index (χ1) is 10.7. The van der Waals surface area contributed by atoms with Gasteiger partial charge in [-0.05, 0) is 35.4 Å². The second-order valence-corrected chi connectivity index (χ2v) is 6.27. The van der Waals surface area contributed by atoms with Gasteiger partial charge in [-0.2, -0.15) is 0 Å². The Morgan fingerprint density at radius 3 is 2.59 bits per heavy atom. The second kappa shape index (κ2) is 6.35. The molecule has 0 radical (unpaired) electrons. The van der Waals surface area contributed by atoms with Crippen LogP contribution in [0.1, 0.15) is 48.4 Å². The summed E-state index contributed by atoms with van der Waals surface area (Å²) in [7, 11) is 1.95. The van der Waals surface area contributed by atoms with E-state index in [1.165, 1.54) is 16.7 Å². The number of hydrogen-bond acceptors (Lipinski definition) is 1. The third-order valence-corrected chi connectivity index (χ3v) is 4.81. The molecular weight excluding hydrogens is 270 g/mol. The highest BCUT2D eigenvalue weighted by Gasteiger charge is 2.28. The minimum Gasteiger partial charge on any atom is -0.339 e. The summed E-state index contributed by atoms with van der Waals surface area (Å²) in [5.74, 6) is 0.492. The molecular formula is C20H23NO. The molecule has 1 aliphatic rings. The number of benzene rings is 2. The Morgan fingerprint density at radius 2 is 1.82 bits per heavy atom. The number of nitrogens with zero attached hydrogens (tertiary/aromatic N) is 1. The van der Waals surface area contributed by atoms with Crippen LogP contribution in [0.2, 0.25) is 0 Å². The number of fused-ring (bicyclic) bond motifs is 1. The van der Waals surface area contributed by atoms with Crippen molar-refractivity contribution in [2.45, 2.75) is 38.1 Å². The molecule has 114 valence electrons. The molecule has 1 amide bonds. The number of rotatable bonds is 4. The summed E-state index contributed by atoms with van der Waals surface area (Å²) in [6, 6.07) is 19.0. The predicted octanol–water partition coefficient (Wildman–Crippen LogP) is 4.33. The minimum atomic E-state index is 0.234. The molecule has 0 aliphatic heterocycles. The van der Waals surface area contributed by atoms with Crippen LogP contribution < -0.4 is 0 Å². The van der Waals surface area contributed by atoms with Crippen LogP contribution in [0.25, 0.3) is 0 Å². The number of hydrogen-bond donors (Lipinski definition) is 0. The van der Waals surface area contributed by atoms with Crippen molar-refractivity contribution in [1.82, 2.24) is 4.90 Å². The van der Waals surface area contributed by atoms with Gasteiger partial charge in [0.15, 0.2) is 0 Å². The van der Waals surface area contributed by atoms with Gasteiger partial charge >= 0.3 is 0 Å². The molecule has 3 rings (SSSR count). The first-order valence-corrected chi connectivity index (χ1v) is 8.05. The maximum absolute atomic E-state index is 12.6. The Bertz CT molecular complexity index is 650. The maximum Gasteiger partial charge on any atom is 0.223 e. The van der Waals surface area contributed by atoms with E-state index in [2.05, 4.69) is 43.3 Å². The lowest BCUT2D eigenvalue weighted by molar-refractivity contribution is -0.132. The van der Waals surface area contributed by atoms with E-state index in [1.807, 2.05) is 30.1 Å². The fourth-order valence-corrected chi connectivity index (χ4v) is 3.42. The van der Waals surface area contributed by atoms with Crippen molar-refractivity contribution in [2.24, 2.45) is 0 Å². The quantitative estimate of drug-likeness (QED) is 0.822. The Balaban J connectivity index is 1.68. The number of amides is 1. The van der Waals surface area contributed by atoms with Gasteiger partial charge in [0.05, 0.1) is 6.04 Å². The average molecular weight is 293 g/mol. The van der Waals surface area contributed by atoms with Gasteiger partial charge in [-0.25, -0.2) is 0 Å². The van der Waals surface area contributed by atoms with Gasteiger partial charge in [-0.15, -0.1) is 0 Å². The van der Waals surface area contributed by atoms with Gasteiger partial charge in [-0.1, -0.05) is 61.5 Å². The molecule has 2 unspecified atom stereocenters. The topological polar surface area (TPSA) is 20.3 Å². The molecule has 1 aliphatic carbocycles. The molecule has 2 aromatic carbocycles. The highest BCUT2D eigenvalue weighted by molar-refractivity contribution is 5.77. The van der Waals surface area contributed by atoms with E-state index in [-0.39, 0.29) is 17.9 Å². The summed E-state index contributed by atoms with van der Waals surface area (Å²) in [6.45, 7) is 2.13. The van der Waals surface area contributed by atoms with Crippen LogP contribution in [0.5, 0.6) is 0 Å². The SMILES string of the molecule is CC(CC(=O)N(C)C1CCc2ccccc21)c1ccccc1. The lowest BCUT2D eigenvalue weighted by Gasteiger charge is -2.27. The molecule has 0 aromatic heterocycles. The van der Waals surface area contributed by atoms with Crippen molar-refractivity contribution in [2.75, 3.05) is 7.05 Å². The molecule has 0 heterocycles. The van der Waals surface area contributed by atoms with Crippen LogP contribution in [-0.2, 0) is 11.2 Å². The van der Waals surface area contributed by atoms with Crippen molar-refractivity contribution in [1.29, 1.82) is 0 Å². The first kappa shape index (κ1) is 14.8. The van der Waals surface area contributed by atoms with Gasteiger partial charge in [0.25, 0.3) is 0 Å². The second-order valence-electron chi connectivity index (χ2n) is 6.27. The smallest absolute Gasteiger partial charge is 0.223 e. The number of aryl methyl sites for hydroxylation is 1. The molecule has 22 heavy (non-hydrogen) atoms. The molecule has 2 heteroatoms. The van der Waals surface area contributed by atoms with Gasteiger partial charge in [0.2, 0.25) is 5.91 Å². The van der Waals surface area contributed by atoms with Crippen molar-refractivity contribution in [3.05, 3.63) is 71.3 Å². The molecule has 0 spiro atoms. The Labute approximate surface area is 132 Å². The lowest BCUT2D eigenvalue weighted by atomic mass is 9.97. The summed E-state index contributed by atoms with van der Waals surface area (Å²) in [6.07, 6.45) is 2.69. The van der Waals surface area contributed by atoms with Crippen LogP contribution in [-0.4, -0.2) is 17.9 Å². The molecule has 0 N–H and O–H groups in total. The zero-order chi connectivity index (χ0) is 15.5. The van der Waals surface area contributed by atoms with Crippen molar-refractivity contribution >= 4 is 5.91 Å². The monoisotopic (exact) mass is 293 g/mol. The van der Waals surface area contributed by atoms with Crippen LogP contribution in [0.4, 0.5) is 0 Å². The van der Waals surface area contributed by atoms with E-state index < -0.39 is 0 Å². The Kier molecular flexibility index (Phi) is 4.28. The normalized spacial score (nSPS) is 17.8. The van der Waals surface area contributed by atoms with Gasteiger partial charge in [-0.3, -0.25) is 4.79 Å². The first-order valence-electron chi connectivity index (χ1n) is 8.05. The summed E-state index contributed by atoms with van der Waals surface area (Å²) in [5.41, 5.74) is 3.95. The summed E-state index contributed by atoms with van der Waals surface area (Å²) < 4.78 is 0. The van der Waals surface area contributed by atoms with Gasteiger partial charge in [0, 0.05) is 13.5 Å². The Hall–Kier alpha value is -2.09. The lowest BCUT2D eigenvalue weighted by Crippen LogP contribution is -2.30. The summed E-state index contributed by atoms with van der Waals surface area (Å²) >= 11 is 0. The average Bonchev–Trinajstić information content (AvgIpc) is 2.99. The zero-order valence-electron chi connectivity index (χ0n) is 13.3. The third-order valence-electron chi connectivity index (χ3n) is 4.81. The molecule has 2 aromatic rings. The highest BCUT2D eigenvalue weighted by Crippen LogP contribution is 2.35.